The molecule has 0 fully saturated rings. The van der Waals surface area contributed by atoms with Gasteiger partial charge in [-0.2, -0.15) is 5.10 Å². The molecule has 0 saturated heterocycles. The van der Waals surface area contributed by atoms with Gasteiger partial charge in [0, 0.05) is 17.8 Å². The van der Waals surface area contributed by atoms with Crippen LogP contribution in [0.1, 0.15) is 35.5 Å². The van der Waals surface area contributed by atoms with Crippen LogP contribution in [0.25, 0.3) is 5.69 Å². The maximum Gasteiger partial charge on any atom is 0.315 e. The van der Waals surface area contributed by atoms with Crippen molar-refractivity contribution < 1.29 is 4.79 Å². The number of benzene rings is 2. The number of amides is 2. The van der Waals surface area contributed by atoms with E-state index in [0.29, 0.717) is 6.54 Å². The molecule has 0 saturated carbocycles. The number of urea groups is 1. The van der Waals surface area contributed by atoms with Crippen LogP contribution in [0.3, 0.4) is 0 Å². The molecule has 2 aromatic carbocycles. The molecule has 5 heteroatoms. The second kappa shape index (κ2) is 7.87. The Bertz CT molecular complexity index is 872. The molecule has 0 bridgehead atoms. The molecule has 0 aliphatic heterocycles. The highest BCUT2D eigenvalue weighted by Gasteiger charge is 2.14. The van der Waals surface area contributed by atoms with Gasteiger partial charge in [-0.15, -0.1) is 0 Å². The molecule has 1 unspecified atom stereocenters. The third-order valence-electron chi connectivity index (χ3n) is 4.51. The summed E-state index contributed by atoms with van der Waals surface area (Å²) in [7, 11) is 0. The minimum Gasteiger partial charge on any atom is -0.334 e. The number of hydrogen-bond acceptors (Lipinski definition) is 2. The number of aromatic nitrogens is 2. The molecule has 1 heterocycles. The summed E-state index contributed by atoms with van der Waals surface area (Å²) in [6.45, 7) is 6.40. The highest BCUT2D eigenvalue weighted by Crippen LogP contribution is 2.17. The van der Waals surface area contributed by atoms with E-state index < -0.39 is 0 Å². The van der Waals surface area contributed by atoms with E-state index in [9.17, 15) is 4.79 Å². The topological polar surface area (TPSA) is 59.0 Å². The van der Waals surface area contributed by atoms with Gasteiger partial charge in [0.25, 0.3) is 0 Å². The average molecular weight is 348 g/mol. The Hall–Kier alpha value is -3.08. The normalized spacial score (nSPS) is 11.8. The molecule has 1 atom stereocenters. The van der Waals surface area contributed by atoms with E-state index in [1.807, 2.05) is 86.1 Å². The van der Waals surface area contributed by atoms with Gasteiger partial charge in [-0.25, -0.2) is 9.48 Å². The number of aryl methyl sites for hydroxylation is 1. The maximum absolute atomic E-state index is 12.3. The summed E-state index contributed by atoms with van der Waals surface area (Å²) < 4.78 is 1.91. The van der Waals surface area contributed by atoms with Gasteiger partial charge in [-0.05, 0) is 38.5 Å². The van der Waals surface area contributed by atoms with Crippen molar-refractivity contribution in [3.8, 4) is 5.69 Å². The SMILES string of the molecule is Cc1nn(-c2ccccc2)c(C)c1CNC(=O)NC(C)c1ccccc1. The molecule has 134 valence electrons. The lowest BCUT2D eigenvalue weighted by molar-refractivity contribution is 0.237. The molecular weight excluding hydrogens is 324 g/mol. The summed E-state index contributed by atoms with van der Waals surface area (Å²) in [5.74, 6) is 0. The Morgan fingerprint density at radius 3 is 2.31 bits per heavy atom. The Balaban J connectivity index is 1.65. The van der Waals surface area contributed by atoms with Crippen molar-refractivity contribution in [1.29, 1.82) is 0 Å². The number of rotatable bonds is 5. The fourth-order valence-electron chi connectivity index (χ4n) is 2.99. The van der Waals surface area contributed by atoms with Gasteiger partial charge in [0.1, 0.15) is 0 Å². The summed E-state index contributed by atoms with van der Waals surface area (Å²) >= 11 is 0. The first-order valence-electron chi connectivity index (χ1n) is 8.76. The number of carbonyl (C=O) groups excluding carboxylic acids is 1. The first-order valence-corrected chi connectivity index (χ1v) is 8.76. The Morgan fingerprint density at radius 2 is 1.65 bits per heavy atom. The van der Waals surface area contributed by atoms with Crippen LogP contribution in [0.15, 0.2) is 60.7 Å². The smallest absolute Gasteiger partial charge is 0.315 e. The predicted molar refractivity (Wildman–Crippen MR) is 103 cm³/mol. The first-order chi connectivity index (χ1) is 12.6. The van der Waals surface area contributed by atoms with Crippen LogP contribution in [-0.4, -0.2) is 15.8 Å². The molecule has 26 heavy (non-hydrogen) atoms. The standard InChI is InChI=1S/C21H24N4O/c1-15(18-10-6-4-7-11-18)23-21(26)22-14-20-16(2)24-25(17(20)3)19-12-8-5-9-13-19/h4-13,15H,14H2,1-3H3,(H2,22,23,26). The summed E-state index contributed by atoms with van der Waals surface area (Å²) in [4.78, 5) is 12.3. The molecular formula is C21H24N4O. The Kier molecular flexibility index (Phi) is 5.37. The largest absolute Gasteiger partial charge is 0.334 e. The van der Waals surface area contributed by atoms with Gasteiger partial charge in [-0.3, -0.25) is 0 Å². The Morgan fingerprint density at radius 1 is 1.04 bits per heavy atom. The number of carbonyl (C=O) groups is 1. The fraction of sp³-hybridized carbons (Fsp3) is 0.238. The van der Waals surface area contributed by atoms with Crippen LogP contribution in [0.2, 0.25) is 0 Å². The van der Waals surface area contributed by atoms with Crippen molar-refractivity contribution in [3.63, 3.8) is 0 Å². The lowest BCUT2D eigenvalue weighted by Crippen LogP contribution is -2.36. The molecule has 0 aliphatic rings. The highest BCUT2D eigenvalue weighted by molar-refractivity contribution is 5.74. The minimum atomic E-state index is -0.187. The molecule has 5 nitrogen and oxygen atoms in total. The monoisotopic (exact) mass is 348 g/mol. The van der Waals surface area contributed by atoms with Gasteiger partial charge in [0.15, 0.2) is 0 Å². The van der Waals surface area contributed by atoms with E-state index in [1.165, 1.54) is 0 Å². The van der Waals surface area contributed by atoms with E-state index in [-0.39, 0.29) is 12.1 Å². The van der Waals surface area contributed by atoms with Crippen molar-refractivity contribution >= 4 is 6.03 Å². The molecule has 0 radical (unpaired) electrons. The third kappa shape index (κ3) is 3.94. The van der Waals surface area contributed by atoms with Crippen molar-refractivity contribution in [2.75, 3.05) is 0 Å². The molecule has 1 aromatic heterocycles. The molecule has 2 amide bonds. The van der Waals surface area contributed by atoms with Crippen molar-refractivity contribution in [3.05, 3.63) is 83.2 Å². The second-order valence-corrected chi connectivity index (χ2v) is 6.36. The lowest BCUT2D eigenvalue weighted by atomic mass is 10.1. The van der Waals surface area contributed by atoms with Gasteiger partial charge >= 0.3 is 6.03 Å². The zero-order chi connectivity index (χ0) is 18.5. The third-order valence-corrected chi connectivity index (χ3v) is 4.51. The van der Waals surface area contributed by atoms with Crippen molar-refractivity contribution in [2.45, 2.75) is 33.4 Å². The second-order valence-electron chi connectivity index (χ2n) is 6.36. The number of nitrogens with zero attached hydrogens (tertiary/aromatic N) is 2. The molecule has 0 aliphatic carbocycles. The minimum absolute atomic E-state index is 0.0505. The van der Waals surface area contributed by atoms with Crippen molar-refractivity contribution in [1.82, 2.24) is 20.4 Å². The predicted octanol–water partition coefficient (Wildman–Crippen LogP) is 4.05. The zero-order valence-corrected chi connectivity index (χ0v) is 15.4. The summed E-state index contributed by atoms with van der Waals surface area (Å²) in [6.07, 6.45) is 0. The molecule has 3 rings (SSSR count). The summed E-state index contributed by atoms with van der Waals surface area (Å²) in [6, 6.07) is 19.7. The molecule has 0 spiro atoms. The quantitative estimate of drug-likeness (QED) is 0.731. The van der Waals surface area contributed by atoms with Crippen LogP contribution in [0.5, 0.6) is 0 Å². The zero-order valence-electron chi connectivity index (χ0n) is 15.4. The van der Waals surface area contributed by atoms with Crippen LogP contribution < -0.4 is 10.6 Å². The lowest BCUT2D eigenvalue weighted by Gasteiger charge is -2.15. The van der Waals surface area contributed by atoms with E-state index in [4.69, 9.17) is 0 Å². The van der Waals surface area contributed by atoms with Crippen LogP contribution in [0, 0.1) is 13.8 Å². The summed E-state index contributed by atoms with van der Waals surface area (Å²) in [5.41, 5.74) is 5.08. The number of para-hydroxylation sites is 1. The number of nitrogens with one attached hydrogen (secondary N) is 2. The fourth-order valence-corrected chi connectivity index (χ4v) is 2.99. The van der Waals surface area contributed by atoms with Crippen LogP contribution in [0.4, 0.5) is 4.79 Å². The maximum atomic E-state index is 12.3. The van der Waals surface area contributed by atoms with Gasteiger partial charge in [0.05, 0.1) is 17.4 Å². The van der Waals surface area contributed by atoms with Gasteiger partial charge in [-0.1, -0.05) is 48.5 Å². The van der Waals surface area contributed by atoms with Crippen LogP contribution >= 0.6 is 0 Å². The average Bonchev–Trinajstić information content (AvgIpc) is 2.95. The summed E-state index contributed by atoms with van der Waals surface area (Å²) in [5, 5.41) is 10.5. The molecule has 3 aromatic rings. The highest BCUT2D eigenvalue weighted by atomic mass is 16.2. The van der Waals surface area contributed by atoms with Gasteiger partial charge < -0.3 is 10.6 Å². The van der Waals surface area contributed by atoms with E-state index in [0.717, 1.165) is 28.2 Å². The van der Waals surface area contributed by atoms with Gasteiger partial charge in [0.2, 0.25) is 0 Å². The molecule has 2 N–H and O–H groups in total. The van der Waals surface area contributed by atoms with E-state index in [1.54, 1.807) is 0 Å². The van der Waals surface area contributed by atoms with Crippen LogP contribution in [-0.2, 0) is 6.54 Å². The van der Waals surface area contributed by atoms with E-state index in [2.05, 4.69) is 15.7 Å². The van der Waals surface area contributed by atoms with Crippen molar-refractivity contribution in [2.24, 2.45) is 0 Å². The number of hydrogen-bond donors (Lipinski definition) is 2. The Labute approximate surface area is 154 Å². The van der Waals surface area contributed by atoms with E-state index >= 15 is 0 Å². The first kappa shape index (κ1) is 17.7.